The van der Waals surface area contributed by atoms with Crippen LogP contribution >= 0.6 is 0 Å². The molecule has 24 rings (SSSR count). The normalized spacial score (nSPS) is 11.9. The van der Waals surface area contributed by atoms with Crippen molar-refractivity contribution in [3.63, 3.8) is 0 Å². The molecule has 0 N–H and O–H groups in total. The van der Waals surface area contributed by atoms with E-state index < -0.39 is 0 Å². The molecular formula is C105H67N9. The summed E-state index contributed by atoms with van der Waals surface area (Å²) in [5.41, 5.74) is 25.7. The van der Waals surface area contributed by atoms with Gasteiger partial charge in [0, 0.05) is 110 Å². The average Bonchev–Trinajstić information content (AvgIpc) is 1.55. The minimum atomic E-state index is 0.694. The third-order valence-electron chi connectivity index (χ3n) is 23.1. The molecule has 16 aromatic carbocycles. The largest absolute Gasteiger partial charge is 0.309 e. The van der Waals surface area contributed by atoms with Crippen LogP contribution in [0.1, 0.15) is 0 Å². The van der Waals surface area contributed by atoms with E-state index in [0.717, 1.165) is 101 Å². The molecule has 24 aromatic rings. The molecule has 114 heavy (non-hydrogen) atoms. The van der Waals surface area contributed by atoms with Gasteiger partial charge in [0.2, 0.25) is 0 Å². The molecule has 0 spiro atoms. The molecule has 9 nitrogen and oxygen atoms in total. The third kappa shape index (κ3) is 10.2. The van der Waals surface area contributed by atoms with E-state index in [4.69, 9.17) is 15.0 Å². The van der Waals surface area contributed by atoms with Crippen LogP contribution < -0.4 is 0 Å². The maximum atomic E-state index is 5.36. The zero-order valence-electron chi connectivity index (χ0n) is 61.7. The Hall–Kier alpha value is -15.5. The van der Waals surface area contributed by atoms with Gasteiger partial charge < -0.3 is 18.3 Å². The summed E-state index contributed by atoms with van der Waals surface area (Å²) < 4.78 is 14.4. The number of para-hydroxylation sites is 8. The molecule has 0 bridgehead atoms. The Morgan fingerprint density at radius 1 is 0.158 bits per heavy atom. The number of benzene rings is 16. The van der Waals surface area contributed by atoms with Gasteiger partial charge >= 0.3 is 0 Å². The fourth-order valence-electron chi connectivity index (χ4n) is 18.2. The average molecular weight is 1450 g/mol. The zero-order chi connectivity index (χ0) is 74.9. The van der Waals surface area contributed by atoms with Crippen LogP contribution in [-0.2, 0) is 0 Å². The van der Waals surface area contributed by atoms with Crippen LogP contribution in [0.15, 0.2) is 406 Å². The summed E-state index contributed by atoms with van der Waals surface area (Å²) in [5.74, 6) is 2.41. The van der Waals surface area contributed by atoms with Crippen LogP contribution in [0.2, 0.25) is 0 Å². The number of rotatable bonds is 10. The first kappa shape index (κ1) is 64.5. The topological polar surface area (TPSA) is 68.2 Å². The molecule has 8 heterocycles. The number of hydrogen-bond donors (Lipinski definition) is 0. The molecular weight excluding hydrogens is 1390 g/mol. The highest BCUT2D eigenvalue weighted by atomic mass is 15.1. The van der Waals surface area contributed by atoms with E-state index in [-0.39, 0.29) is 0 Å². The van der Waals surface area contributed by atoms with Gasteiger partial charge in [0.25, 0.3) is 0 Å². The number of aromatic nitrogens is 9. The lowest BCUT2D eigenvalue weighted by atomic mass is 10.0. The van der Waals surface area contributed by atoms with E-state index in [1.54, 1.807) is 0 Å². The first-order chi connectivity index (χ1) is 56.6. The van der Waals surface area contributed by atoms with E-state index in [0.29, 0.717) is 5.82 Å². The van der Waals surface area contributed by atoms with Crippen LogP contribution in [0, 0.1) is 0 Å². The second kappa shape index (κ2) is 26.1. The summed E-state index contributed by atoms with van der Waals surface area (Å²) in [6.45, 7) is 0. The highest BCUT2D eigenvalue weighted by molar-refractivity contribution is 6.28. The van der Waals surface area contributed by atoms with Crippen LogP contribution in [0.25, 0.3) is 210 Å². The molecule has 0 saturated carbocycles. The van der Waals surface area contributed by atoms with Crippen molar-refractivity contribution >= 4 is 131 Å². The smallest absolute Gasteiger partial charge is 0.162 e. The standard InChI is InChI=1S/C53H34N4.C52H33N5/c1-4-16-35(17-5-1)37-32-45(36-18-6-2-7-19-36)54-51(33-37)57-47-26-14-11-23-41(47)44-34-39(28-30-49(44)57)55-48-27-15-12-24-43(48)52-50(55)31-29-42-40-22-10-13-25-46(40)56(53(42)52)38-20-8-3-9-21-38;1-4-16-34(17-5-1)43-33-49(54-52(53-43)35-18-6-2-7-19-35)57-45-26-14-11-23-39(45)42-32-37(28-30-47(42)57)55-46-27-15-12-24-41(46)50-48(55)31-29-40-38-22-10-13-25-44(38)56(51(40)50)36-20-8-3-9-21-36/h1-34H;1-33H. The fourth-order valence-corrected chi connectivity index (χ4v) is 18.2. The Kier molecular flexibility index (Phi) is 14.8. The SMILES string of the molecule is c1ccc(-c2cc(-c3ccccc3)nc(-n3c4ccccc4c4cc(-n5c6ccccc6c6c5ccc5c7ccccc7n(-c7ccccc7)c56)ccc43)c2)cc1.c1ccc(-c2cc(-n3c4ccccc4c4cc(-n5c6ccccc6c6c5ccc5c7ccccc7n(-c7ccccc7)c56)ccc43)nc(-c3ccccc3)n2)cc1. The van der Waals surface area contributed by atoms with Crippen LogP contribution in [0.3, 0.4) is 0 Å². The summed E-state index contributed by atoms with van der Waals surface area (Å²) in [7, 11) is 0. The predicted octanol–water partition coefficient (Wildman–Crippen LogP) is 26.8. The second-order valence-corrected chi connectivity index (χ2v) is 29.4. The Labute approximate surface area is 654 Å². The van der Waals surface area contributed by atoms with E-state index in [9.17, 15) is 0 Å². The van der Waals surface area contributed by atoms with E-state index in [1.165, 1.54) is 103 Å². The molecule has 0 radical (unpaired) electrons. The number of hydrogen-bond acceptors (Lipinski definition) is 3. The molecule has 0 aliphatic rings. The molecule has 0 saturated heterocycles. The highest BCUT2D eigenvalue weighted by Gasteiger charge is 2.26. The first-order valence-electron chi connectivity index (χ1n) is 38.8. The molecule has 0 amide bonds. The Morgan fingerprint density at radius 3 is 0.904 bits per heavy atom. The van der Waals surface area contributed by atoms with Crippen LogP contribution in [-0.4, -0.2) is 42.4 Å². The molecule has 532 valence electrons. The summed E-state index contributed by atoms with van der Waals surface area (Å²) in [5, 5.41) is 14.7. The van der Waals surface area contributed by atoms with E-state index in [1.807, 2.05) is 24.3 Å². The van der Waals surface area contributed by atoms with Crippen molar-refractivity contribution < 1.29 is 0 Å². The molecule has 0 aliphatic carbocycles. The van der Waals surface area contributed by atoms with Gasteiger partial charge in [-0.15, -0.1) is 0 Å². The lowest BCUT2D eigenvalue weighted by molar-refractivity contribution is 1.05. The number of fused-ring (bicyclic) bond motifs is 20. The van der Waals surface area contributed by atoms with Crippen molar-refractivity contribution in [1.29, 1.82) is 0 Å². The minimum absolute atomic E-state index is 0.694. The van der Waals surface area contributed by atoms with Gasteiger partial charge in [0.15, 0.2) is 5.82 Å². The number of nitrogens with zero attached hydrogens (tertiary/aromatic N) is 9. The molecule has 0 aliphatic heterocycles. The maximum Gasteiger partial charge on any atom is 0.162 e. The first-order valence-corrected chi connectivity index (χ1v) is 38.8. The Balaban J connectivity index is 0.000000135. The Morgan fingerprint density at radius 2 is 0.474 bits per heavy atom. The van der Waals surface area contributed by atoms with Crippen molar-refractivity contribution in [2.24, 2.45) is 0 Å². The van der Waals surface area contributed by atoms with Gasteiger partial charge in [0.1, 0.15) is 11.6 Å². The molecule has 0 atom stereocenters. The van der Waals surface area contributed by atoms with Crippen molar-refractivity contribution in [3.8, 4) is 79.4 Å². The molecule has 8 aromatic heterocycles. The van der Waals surface area contributed by atoms with E-state index >= 15 is 0 Å². The minimum Gasteiger partial charge on any atom is -0.309 e. The highest BCUT2D eigenvalue weighted by Crippen LogP contribution is 2.47. The maximum absolute atomic E-state index is 5.36. The fraction of sp³-hybridized carbons (Fsp3) is 0. The van der Waals surface area contributed by atoms with Crippen molar-refractivity contribution in [2.75, 3.05) is 0 Å². The Bertz CT molecular complexity index is 7360. The second-order valence-electron chi connectivity index (χ2n) is 29.4. The third-order valence-corrected chi connectivity index (χ3v) is 23.1. The molecule has 0 unspecified atom stereocenters. The monoisotopic (exact) mass is 1450 g/mol. The summed E-state index contributed by atoms with van der Waals surface area (Å²) >= 11 is 0. The number of pyridine rings is 1. The summed E-state index contributed by atoms with van der Waals surface area (Å²) in [6, 6.07) is 145. The quantitative estimate of drug-likeness (QED) is 0.137. The van der Waals surface area contributed by atoms with Gasteiger partial charge in [-0.2, -0.15) is 0 Å². The summed E-state index contributed by atoms with van der Waals surface area (Å²) in [6.07, 6.45) is 0. The van der Waals surface area contributed by atoms with Crippen molar-refractivity contribution in [1.82, 2.24) is 42.4 Å². The molecule has 9 heteroatoms. The lowest BCUT2D eigenvalue weighted by Gasteiger charge is -2.13. The summed E-state index contributed by atoms with van der Waals surface area (Å²) in [4.78, 5) is 15.7. The van der Waals surface area contributed by atoms with Crippen molar-refractivity contribution in [2.45, 2.75) is 0 Å². The predicted molar refractivity (Wildman–Crippen MR) is 474 cm³/mol. The zero-order valence-corrected chi connectivity index (χ0v) is 61.7. The van der Waals surface area contributed by atoms with Gasteiger partial charge in [-0.25, -0.2) is 15.0 Å². The lowest BCUT2D eigenvalue weighted by Crippen LogP contribution is -2.02. The van der Waals surface area contributed by atoms with Crippen LogP contribution in [0.4, 0.5) is 0 Å². The molecule has 0 fully saturated rings. The van der Waals surface area contributed by atoms with Crippen LogP contribution in [0.5, 0.6) is 0 Å². The van der Waals surface area contributed by atoms with Crippen molar-refractivity contribution in [3.05, 3.63) is 406 Å². The van der Waals surface area contributed by atoms with E-state index in [2.05, 4.69) is 410 Å². The van der Waals surface area contributed by atoms with Gasteiger partial charge in [-0.3, -0.25) is 9.13 Å². The van der Waals surface area contributed by atoms with Gasteiger partial charge in [0.05, 0.1) is 77.6 Å². The van der Waals surface area contributed by atoms with Gasteiger partial charge in [-0.05, 0) is 132 Å². The van der Waals surface area contributed by atoms with Gasteiger partial charge in [-0.1, -0.05) is 279 Å².